The number of methoxy groups -OCH3 is 1. The van der Waals surface area contributed by atoms with Gasteiger partial charge in [-0.3, -0.25) is 4.79 Å². The van der Waals surface area contributed by atoms with Crippen LogP contribution < -0.4 is 5.32 Å². The highest BCUT2D eigenvalue weighted by Gasteiger charge is 2.33. The predicted molar refractivity (Wildman–Crippen MR) is 89.1 cm³/mol. The molecule has 0 aromatic heterocycles. The van der Waals surface area contributed by atoms with E-state index in [0.29, 0.717) is 0 Å². The number of ether oxygens (including phenoxy) is 1. The molecule has 122 valence electrons. The fourth-order valence-corrected chi connectivity index (χ4v) is 3.61. The first-order valence-corrected chi connectivity index (χ1v) is 7.87. The number of fused-ring (bicyclic) bond motifs is 1. The van der Waals surface area contributed by atoms with E-state index in [-0.39, 0.29) is 18.3 Å². The first-order valence-electron chi connectivity index (χ1n) is 7.87. The minimum Gasteiger partial charge on any atom is -0.367 e. The minimum atomic E-state index is -0.470. The smallest absolute Gasteiger partial charge is 0.256 e. The molecule has 1 aromatic rings. The Morgan fingerprint density at radius 2 is 1.77 bits per heavy atom. The third-order valence-corrected chi connectivity index (χ3v) is 4.89. The summed E-state index contributed by atoms with van der Waals surface area (Å²) in [5.41, 5.74) is 0.941. The minimum absolute atomic E-state index is 0. The zero-order valence-electron chi connectivity index (χ0n) is 13.0. The Kier molecular flexibility index (Phi) is 6.24. The monoisotopic (exact) mass is 324 g/mol. The molecule has 0 radical (unpaired) electrons. The van der Waals surface area contributed by atoms with Gasteiger partial charge >= 0.3 is 0 Å². The van der Waals surface area contributed by atoms with Crippen LogP contribution in [0.1, 0.15) is 24.5 Å². The second-order valence-corrected chi connectivity index (χ2v) is 6.11. The largest absolute Gasteiger partial charge is 0.367 e. The van der Waals surface area contributed by atoms with Crippen LogP contribution in [0.2, 0.25) is 0 Å². The van der Waals surface area contributed by atoms with Crippen molar-refractivity contribution >= 4 is 18.3 Å². The summed E-state index contributed by atoms with van der Waals surface area (Å²) in [5, 5.41) is 3.47. The number of benzene rings is 1. The molecule has 2 aliphatic rings. The molecule has 3 rings (SSSR count). The summed E-state index contributed by atoms with van der Waals surface area (Å²) in [6, 6.07) is 9.78. The number of carbonyl (C=O) groups is 1. The van der Waals surface area contributed by atoms with Crippen LogP contribution in [0.15, 0.2) is 30.3 Å². The second kappa shape index (κ2) is 7.95. The zero-order valence-corrected chi connectivity index (χ0v) is 13.8. The van der Waals surface area contributed by atoms with Gasteiger partial charge in [-0.25, -0.2) is 0 Å². The molecule has 5 heteroatoms. The lowest BCUT2D eigenvalue weighted by molar-refractivity contribution is -0.142. The van der Waals surface area contributed by atoms with E-state index in [4.69, 9.17) is 4.74 Å². The molecule has 2 fully saturated rings. The second-order valence-electron chi connectivity index (χ2n) is 6.11. The molecule has 0 saturated carbocycles. The van der Waals surface area contributed by atoms with Crippen LogP contribution in [0.5, 0.6) is 0 Å². The predicted octanol–water partition coefficient (Wildman–Crippen LogP) is 2.25. The number of carbonyl (C=O) groups excluding carboxylic acids is 1. The number of halogens is 1. The number of hydrogen-bond donors (Lipinski definition) is 1. The van der Waals surface area contributed by atoms with Gasteiger partial charge in [-0.05, 0) is 43.3 Å². The number of amides is 1. The van der Waals surface area contributed by atoms with Crippen molar-refractivity contribution in [3.8, 4) is 0 Å². The SMILES string of the molecule is COC(C(=O)N1CC[C@@H]2CNC[C@@H]2CC1)c1ccccc1.Cl. The van der Waals surface area contributed by atoms with Crippen molar-refractivity contribution in [1.29, 1.82) is 0 Å². The molecule has 22 heavy (non-hydrogen) atoms. The summed E-state index contributed by atoms with van der Waals surface area (Å²) in [6.07, 6.45) is 1.74. The summed E-state index contributed by atoms with van der Waals surface area (Å²) in [5.74, 6) is 1.58. The van der Waals surface area contributed by atoms with Gasteiger partial charge in [0.15, 0.2) is 6.10 Å². The van der Waals surface area contributed by atoms with Crippen LogP contribution in [0.3, 0.4) is 0 Å². The van der Waals surface area contributed by atoms with Crippen molar-refractivity contribution in [3.63, 3.8) is 0 Å². The van der Waals surface area contributed by atoms with Crippen molar-refractivity contribution in [2.45, 2.75) is 18.9 Å². The highest BCUT2D eigenvalue weighted by molar-refractivity contribution is 5.85. The highest BCUT2D eigenvalue weighted by atomic mass is 35.5. The Labute approximate surface area is 138 Å². The van der Waals surface area contributed by atoms with E-state index in [2.05, 4.69) is 5.32 Å². The third kappa shape index (κ3) is 3.62. The van der Waals surface area contributed by atoms with E-state index >= 15 is 0 Å². The summed E-state index contributed by atoms with van der Waals surface area (Å²) >= 11 is 0. The summed E-state index contributed by atoms with van der Waals surface area (Å²) < 4.78 is 5.48. The molecular weight excluding hydrogens is 300 g/mol. The fourth-order valence-electron chi connectivity index (χ4n) is 3.61. The lowest BCUT2D eigenvalue weighted by Gasteiger charge is -2.26. The van der Waals surface area contributed by atoms with Gasteiger partial charge in [0.2, 0.25) is 0 Å². The Morgan fingerprint density at radius 1 is 1.18 bits per heavy atom. The van der Waals surface area contributed by atoms with Crippen molar-refractivity contribution in [2.24, 2.45) is 11.8 Å². The molecule has 1 unspecified atom stereocenters. The quantitative estimate of drug-likeness (QED) is 0.927. The maximum absolute atomic E-state index is 12.8. The van der Waals surface area contributed by atoms with E-state index in [9.17, 15) is 4.79 Å². The highest BCUT2D eigenvalue weighted by Crippen LogP contribution is 2.29. The van der Waals surface area contributed by atoms with Crippen molar-refractivity contribution in [1.82, 2.24) is 10.2 Å². The first-order chi connectivity index (χ1) is 10.3. The van der Waals surface area contributed by atoms with Crippen LogP contribution >= 0.6 is 12.4 Å². The zero-order chi connectivity index (χ0) is 14.7. The first kappa shape index (κ1) is 17.3. The van der Waals surface area contributed by atoms with E-state index in [0.717, 1.165) is 56.4 Å². The molecular formula is C17H25ClN2O2. The van der Waals surface area contributed by atoms with Gasteiger partial charge in [0.1, 0.15) is 0 Å². The lowest BCUT2D eigenvalue weighted by Crippen LogP contribution is -2.37. The third-order valence-electron chi connectivity index (χ3n) is 4.89. The van der Waals surface area contributed by atoms with Crippen LogP contribution in [-0.4, -0.2) is 44.1 Å². The maximum atomic E-state index is 12.8. The van der Waals surface area contributed by atoms with Gasteiger partial charge < -0.3 is 15.0 Å². The fraction of sp³-hybridized carbons (Fsp3) is 0.588. The van der Waals surface area contributed by atoms with Crippen LogP contribution in [0.25, 0.3) is 0 Å². The number of nitrogens with one attached hydrogen (secondary N) is 1. The van der Waals surface area contributed by atoms with Gasteiger partial charge in [0.05, 0.1) is 0 Å². The Bertz CT molecular complexity index is 469. The molecule has 2 aliphatic heterocycles. The van der Waals surface area contributed by atoms with Crippen molar-refractivity contribution < 1.29 is 9.53 Å². The van der Waals surface area contributed by atoms with Crippen LogP contribution in [0, 0.1) is 11.8 Å². The maximum Gasteiger partial charge on any atom is 0.256 e. The molecule has 0 aliphatic carbocycles. The molecule has 3 atom stereocenters. The number of nitrogens with zero attached hydrogens (tertiary/aromatic N) is 1. The molecule has 0 bridgehead atoms. The molecule has 4 nitrogen and oxygen atoms in total. The summed E-state index contributed by atoms with van der Waals surface area (Å²) in [7, 11) is 1.62. The van der Waals surface area contributed by atoms with Gasteiger partial charge in [0, 0.05) is 20.2 Å². The van der Waals surface area contributed by atoms with Crippen LogP contribution in [-0.2, 0) is 9.53 Å². The normalized spacial score (nSPS) is 25.8. The topological polar surface area (TPSA) is 41.6 Å². The molecule has 1 N–H and O–H groups in total. The van der Waals surface area contributed by atoms with E-state index in [1.165, 1.54) is 0 Å². The Hall–Kier alpha value is -1.10. The van der Waals surface area contributed by atoms with Crippen molar-refractivity contribution in [3.05, 3.63) is 35.9 Å². The molecule has 2 saturated heterocycles. The van der Waals surface area contributed by atoms with Crippen molar-refractivity contribution in [2.75, 3.05) is 33.3 Å². The number of rotatable bonds is 3. The molecule has 2 heterocycles. The van der Waals surface area contributed by atoms with Gasteiger partial charge in [0.25, 0.3) is 5.91 Å². The van der Waals surface area contributed by atoms with Gasteiger partial charge in [-0.2, -0.15) is 0 Å². The molecule has 1 aromatic carbocycles. The lowest BCUT2D eigenvalue weighted by atomic mass is 9.92. The summed E-state index contributed by atoms with van der Waals surface area (Å²) in [6.45, 7) is 3.93. The van der Waals surface area contributed by atoms with E-state index in [1.54, 1.807) is 7.11 Å². The van der Waals surface area contributed by atoms with Gasteiger partial charge in [-0.1, -0.05) is 30.3 Å². The summed E-state index contributed by atoms with van der Waals surface area (Å²) in [4.78, 5) is 14.8. The van der Waals surface area contributed by atoms with E-state index in [1.807, 2.05) is 35.2 Å². The van der Waals surface area contributed by atoms with E-state index < -0.39 is 6.10 Å². The standard InChI is InChI=1S/C17H24N2O2.ClH/c1-21-16(13-5-3-2-4-6-13)17(20)19-9-7-14-11-18-12-15(14)8-10-19;/h2-6,14-16,18H,7-12H2,1H3;1H/t14-,15+,16?;. The number of likely N-dealkylation sites (tertiary alicyclic amines) is 1. The Morgan fingerprint density at radius 3 is 2.32 bits per heavy atom. The Balaban J connectivity index is 0.00000176. The van der Waals surface area contributed by atoms with Crippen LogP contribution in [0.4, 0.5) is 0 Å². The van der Waals surface area contributed by atoms with Gasteiger partial charge in [-0.15, -0.1) is 12.4 Å². The molecule has 1 amide bonds. The average molecular weight is 325 g/mol. The molecule has 0 spiro atoms. The number of hydrogen-bond acceptors (Lipinski definition) is 3. The average Bonchev–Trinajstić information content (AvgIpc) is 2.87.